The summed E-state index contributed by atoms with van der Waals surface area (Å²) in [4.78, 5) is 0.0881. The monoisotopic (exact) mass is 267 g/mol. The van der Waals surface area contributed by atoms with E-state index in [4.69, 9.17) is 22.7 Å². The minimum atomic E-state index is -0.351. The molecule has 1 aromatic carbocycles. The van der Waals surface area contributed by atoms with Gasteiger partial charge in [0.1, 0.15) is 10.8 Å². The van der Waals surface area contributed by atoms with Gasteiger partial charge in [-0.25, -0.2) is 4.39 Å². The average Bonchev–Trinajstić information content (AvgIpc) is 2.84. The number of thiocarbonyl (C=S) groups is 1. The molecule has 0 unspecified atom stereocenters. The predicted octanol–water partition coefficient (Wildman–Crippen LogP) is 3.17. The van der Waals surface area contributed by atoms with Crippen molar-refractivity contribution in [3.05, 3.63) is 35.1 Å². The number of hydrogen-bond donors (Lipinski definition) is 1. The summed E-state index contributed by atoms with van der Waals surface area (Å²) in [5.74, 6) is 0.295. The molecule has 0 aliphatic heterocycles. The van der Waals surface area contributed by atoms with E-state index < -0.39 is 0 Å². The molecule has 18 heavy (non-hydrogen) atoms. The summed E-state index contributed by atoms with van der Waals surface area (Å²) in [5, 5.41) is 0. The van der Waals surface area contributed by atoms with Gasteiger partial charge in [0, 0.05) is 17.7 Å². The molecule has 0 amide bonds. The van der Waals surface area contributed by atoms with Crippen LogP contribution in [-0.2, 0) is 11.3 Å². The fourth-order valence-electron chi connectivity index (χ4n) is 2.39. The third kappa shape index (κ3) is 3.27. The van der Waals surface area contributed by atoms with Crippen LogP contribution in [0.25, 0.3) is 0 Å². The minimum Gasteiger partial charge on any atom is -0.389 e. The maximum absolute atomic E-state index is 14.0. The lowest BCUT2D eigenvalue weighted by Gasteiger charge is -2.11. The maximum Gasteiger partial charge on any atom is 0.138 e. The van der Waals surface area contributed by atoms with Crippen molar-refractivity contribution in [2.45, 2.75) is 32.3 Å². The van der Waals surface area contributed by atoms with E-state index in [0.717, 1.165) is 6.61 Å². The lowest BCUT2D eigenvalue weighted by atomic mass is 10.1. The molecule has 2 nitrogen and oxygen atoms in total. The van der Waals surface area contributed by atoms with Crippen LogP contribution in [0, 0.1) is 11.7 Å². The first-order valence-corrected chi connectivity index (χ1v) is 6.74. The first-order valence-electron chi connectivity index (χ1n) is 6.33. The smallest absolute Gasteiger partial charge is 0.138 e. The molecular formula is C14H18FNOS. The van der Waals surface area contributed by atoms with Crippen LogP contribution in [-0.4, -0.2) is 11.6 Å². The van der Waals surface area contributed by atoms with Crippen LogP contribution in [0.15, 0.2) is 18.2 Å². The summed E-state index contributed by atoms with van der Waals surface area (Å²) >= 11 is 4.81. The third-order valence-electron chi connectivity index (χ3n) is 3.43. The molecular weight excluding hydrogens is 249 g/mol. The van der Waals surface area contributed by atoms with E-state index in [0.29, 0.717) is 23.7 Å². The first-order chi connectivity index (χ1) is 8.68. The van der Waals surface area contributed by atoms with Crippen molar-refractivity contribution in [3.8, 4) is 0 Å². The molecule has 1 fully saturated rings. The lowest BCUT2D eigenvalue weighted by Crippen LogP contribution is -2.13. The van der Waals surface area contributed by atoms with Gasteiger partial charge in [0.25, 0.3) is 0 Å². The molecule has 0 saturated heterocycles. The molecule has 98 valence electrons. The summed E-state index contributed by atoms with van der Waals surface area (Å²) in [7, 11) is 0. The number of rotatable bonds is 5. The zero-order valence-corrected chi connectivity index (χ0v) is 11.1. The Morgan fingerprint density at radius 1 is 1.39 bits per heavy atom. The van der Waals surface area contributed by atoms with Crippen LogP contribution in [0.4, 0.5) is 4.39 Å². The van der Waals surface area contributed by atoms with Crippen molar-refractivity contribution >= 4 is 17.2 Å². The second kappa shape index (κ2) is 6.25. The van der Waals surface area contributed by atoms with Crippen molar-refractivity contribution < 1.29 is 9.13 Å². The Hall–Kier alpha value is -1.00. The van der Waals surface area contributed by atoms with Gasteiger partial charge in [-0.1, -0.05) is 37.2 Å². The van der Waals surface area contributed by atoms with Gasteiger partial charge < -0.3 is 10.5 Å². The quantitative estimate of drug-likeness (QED) is 0.832. The molecule has 4 heteroatoms. The van der Waals surface area contributed by atoms with Gasteiger partial charge in [-0.15, -0.1) is 0 Å². The number of benzene rings is 1. The van der Waals surface area contributed by atoms with Crippen molar-refractivity contribution in [3.63, 3.8) is 0 Å². The first kappa shape index (κ1) is 13.4. The minimum absolute atomic E-state index is 0.0881. The molecule has 1 aromatic rings. The molecule has 0 radical (unpaired) electrons. The molecule has 2 rings (SSSR count). The second-order valence-electron chi connectivity index (χ2n) is 4.81. The van der Waals surface area contributed by atoms with E-state index in [-0.39, 0.29) is 10.8 Å². The van der Waals surface area contributed by atoms with Gasteiger partial charge in [0.2, 0.25) is 0 Å². The summed E-state index contributed by atoms with van der Waals surface area (Å²) in [6.45, 7) is 1.01. The normalized spacial score (nSPS) is 16.1. The Bertz CT molecular complexity index is 430. The molecule has 0 atom stereocenters. The largest absolute Gasteiger partial charge is 0.389 e. The fraction of sp³-hybridized carbons (Fsp3) is 0.500. The summed E-state index contributed by atoms with van der Waals surface area (Å²) in [6, 6.07) is 5.07. The highest BCUT2D eigenvalue weighted by Crippen LogP contribution is 2.25. The molecule has 1 aliphatic carbocycles. The molecule has 1 saturated carbocycles. The Balaban J connectivity index is 1.92. The van der Waals surface area contributed by atoms with Crippen LogP contribution in [0.3, 0.4) is 0 Å². The van der Waals surface area contributed by atoms with E-state index in [1.165, 1.54) is 25.7 Å². The third-order valence-corrected chi connectivity index (χ3v) is 3.65. The highest BCUT2D eigenvalue weighted by atomic mass is 32.1. The number of ether oxygens (including phenoxy) is 1. The van der Waals surface area contributed by atoms with Crippen LogP contribution < -0.4 is 5.73 Å². The van der Waals surface area contributed by atoms with Gasteiger partial charge >= 0.3 is 0 Å². The van der Waals surface area contributed by atoms with Crippen LogP contribution in [0.2, 0.25) is 0 Å². The number of nitrogens with two attached hydrogens (primary N) is 1. The van der Waals surface area contributed by atoms with E-state index in [1.807, 2.05) is 0 Å². The maximum atomic E-state index is 14.0. The molecule has 0 heterocycles. The Morgan fingerprint density at radius 2 is 2.11 bits per heavy atom. The van der Waals surface area contributed by atoms with Crippen LogP contribution in [0.5, 0.6) is 0 Å². The van der Waals surface area contributed by atoms with E-state index >= 15 is 0 Å². The van der Waals surface area contributed by atoms with E-state index in [9.17, 15) is 4.39 Å². The number of hydrogen-bond acceptors (Lipinski definition) is 2. The average molecular weight is 267 g/mol. The molecule has 1 aliphatic rings. The van der Waals surface area contributed by atoms with Gasteiger partial charge in [0.05, 0.1) is 6.61 Å². The lowest BCUT2D eigenvalue weighted by molar-refractivity contribution is 0.0869. The Kier molecular flexibility index (Phi) is 4.66. The molecule has 0 aromatic heterocycles. The predicted molar refractivity (Wildman–Crippen MR) is 73.9 cm³/mol. The van der Waals surface area contributed by atoms with Gasteiger partial charge in [-0.05, 0) is 24.8 Å². The molecule has 0 spiro atoms. The van der Waals surface area contributed by atoms with Crippen LogP contribution in [0.1, 0.15) is 36.8 Å². The number of halogens is 1. The van der Waals surface area contributed by atoms with Crippen molar-refractivity contribution in [1.82, 2.24) is 0 Å². The zero-order chi connectivity index (χ0) is 13.0. The highest BCUT2D eigenvalue weighted by Gasteiger charge is 2.15. The summed E-state index contributed by atoms with van der Waals surface area (Å²) < 4.78 is 19.6. The summed E-state index contributed by atoms with van der Waals surface area (Å²) in [5.41, 5.74) is 6.29. The Labute approximate surface area is 112 Å². The fourth-order valence-corrected chi connectivity index (χ4v) is 2.55. The highest BCUT2D eigenvalue weighted by molar-refractivity contribution is 7.80. The van der Waals surface area contributed by atoms with Gasteiger partial charge in [0.15, 0.2) is 0 Å². The Morgan fingerprint density at radius 3 is 2.78 bits per heavy atom. The van der Waals surface area contributed by atoms with Crippen molar-refractivity contribution in [1.29, 1.82) is 0 Å². The van der Waals surface area contributed by atoms with Crippen molar-refractivity contribution in [2.24, 2.45) is 11.7 Å². The SMILES string of the molecule is NC(=S)c1cccc(COCC2CCCC2)c1F. The van der Waals surface area contributed by atoms with Gasteiger partial charge in [-0.2, -0.15) is 0 Å². The zero-order valence-electron chi connectivity index (χ0n) is 10.3. The van der Waals surface area contributed by atoms with E-state index in [2.05, 4.69) is 0 Å². The molecule has 2 N–H and O–H groups in total. The van der Waals surface area contributed by atoms with E-state index in [1.54, 1.807) is 18.2 Å². The topological polar surface area (TPSA) is 35.2 Å². The van der Waals surface area contributed by atoms with Gasteiger partial charge in [-0.3, -0.25) is 0 Å². The van der Waals surface area contributed by atoms with Crippen molar-refractivity contribution in [2.75, 3.05) is 6.61 Å². The van der Waals surface area contributed by atoms with Crippen LogP contribution >= 0.6 is 12.2 Å². The molecule has 0 bridgehead atoms. The standard InChI is InChI=1S/C14H18FNOS/c15-13-11(6-3-7-12(13)14(16)18)9-17-8-10-4-1-2-5-10/h3,6-7,10H,1-2,4-5,8-9H2,(H2,16,18). The summed E-state index contributed by atoms with van der Waals surface area (Å²) in [6.07, 6.45) is 5.05. The second-order valence-corrected chi connectivity index (χ2v) is 5.25.